The number of ether oxygens (including phenoxy) is 1. The molecule has 0 aromatic carbocycles. The van der Waals surface area contributed by atoms with Crippen LogP contribution in [-0.2, 0) is 14.3 Å². The molecule has 0 fully saturated rings. The lowest BCUT2D eigenvalue weighted by Gasteiger charge is -2.19. The summed E-state index contributed by atoms with van der Waals surface area (Å²) < 4.78 is 5.05. The highest BCUT2D eigenvalue weighted by molar-refractivity contribution is 5.85. The van der Waals surface area contributed by atoms with Gasteiger partial charge in [-0.25, -0.2) is 0 Å². The van der Waals surface area contributed by atoms with Crippen LogP contribution in [-0.4, -0.2) is 30.6 Å². The summed E-state index contributed by atoms with van der Waals surface area (Å²) in [5, 5.41) is 2.69. The summed E-state index contributed by atoms with van der Waals surface area (Å²) in [6.07, 6.45) is 0.706. The van der Waals surface area contributed by atoms with Crippen LogP contribution < -0.4 is 11.1 Å². The molecule has 3 unspecified atom stereocenters. The van der Waals surface area contributed by atoms with E-state index in [1.54, 1.807) is 20.8 Å². The van der Waals surface area contributed by atoms with E-state index in [1.165, 1.54) is 0 Å². The highest BCUT2D eigenvalue weighted by Crippen LogP contribution is 2.06. The highest BCUT2D eigenvalue weighted by Gasteiger charge is 2.21. The summed E-state index contributed by atoms with van der Waals surface area (Å²) in [7, 11) is 0. The predicted octanol–water partition coefficient (Wildman–Crippen LogP) is 1.49. The van der Waals surface area contributed by atoms with Crippen LogP contribution in [0.2, 0.25) is 0 Å². The van der Waals surface area contributed by atoms with Gasteiger partial charge in [0.05, 0.1) is 18.1 Å². The molecular formula is C13H27ClN2O3. The monoisotopic (exact) mass is 294 g/mol. The maximum absolute atomic E-state index is 11.7. The Labute approximate surface area is 122 Å². The Morgan fingerprint density at radius 3 is 2.16 bits per heavy atom. The Hall–Kier alpha value is -0.810. The maximum Gasteiger partial charge on any atom is 0.310 e. The molecule has 0 aliphatic carbocycles. The van der Waals surface area contributed by atoms with E-state index in [2.05, 4.69) is 5.32 Å². The third-order valence-electron chi connectivity index (χ3n) is 2.90. The topological polar surface area (TPSA) is 81.4 Å². The first-order valence-corrected chi connectivity index (χ1v) is 6.53. The molecule has 0 aliphatic heterocycles. The van der Waals surface area contributed by atoms with Gasteiger partial charge in [-0.3, -0.25) is 9.59 Å². The molecule has 0 aromatic heterocycles. The Kier molecular flexibility index (Phi) is 10.8. The standard InChI is InChI=1S/C13H26N2O3.ClH/c1-6-9(4)11(14)12(16)15-7-10(5)13(17)18-8(2)3;/h8-11H,6-7,14H2,1-5H3,(H,15,16);1H. The molecule has 0 bridgehead atoms. The number of nitrogens with one attached hydrogen (secondary N) is 1. The zero-order valence-corrected chi connectivity index (χ0v) is 13.3. The summed E-state index contributed by atoms with van der Waals surface area (Å²) in [6, 6.07) is -0.525. The van der Waals surface area contributed by atoms with Gasteiger partial charge in [0.2, 0.25) is 5.91 Å². The van der Waals surface area contributed by atoms with Crippen LogP contribution in [0.25, 0.3) is 0 Å². The van der Waals surface area contributed by atoms with Crippen LogP contribution in [0.5, 0.6) is 0 Å². The fraction of sp³-hybridized carbons (Fsp3) is 0.846. The molecule has 0 radical (unpaired) electrons. The van der Waals surface area contributed by atoms with Crippen molar-refractivity contribution in [3.05, 3.63) is 0 Å². The summed E-state index contributed by atoms with van der Waals surface area (Å²) in [5.41, 5.74) is 5.79. The SMILES string of the molecule is CCC(C)C(N)C(=O)NCC(C)C(=O)OC(C)C.Cl. The summed E-state index contributed by atoms with van der Waals surface area (Å²) in [6.45, 7) is 9.49. The minimum Gasteiger partial charge on any atom is -0.463 e. The van der Waals surface area contributed by atoms with Crippen LogP contribution in [0.4, 0.5) is 0 Å². The molecule has 0 spiro atoms. The fourth-order valence-electron chi connectivity index (χ4n) is 1.32. The van der Waals surface area contributed by atoms with Gasteiger partial charge >= 0.3 is 5.97 Å². The summed E-state index contributed by atoms with van der Waals surface area (Å²) in [5.74, 6) is -0.751. The number of hydrogen-bond acceptors (Lipinski definition) is 4. The smallest absolute Gasteiger partial charge is 0.310 e. The van der Waals surface area contributed by atoms with Gasteiger partial charge in [-0.15, -0.1) is 12.4 Å². The van der Waals surface area contributed by atoms with Crippen molar-refractivity contribution < 1.29 is 14.3 Å². The Morgan fingerprint density at radius 2 is 1.74 bits per heavy atom. The second-order valence-corrected chi connectivity index (χ2v) is 5.04. The molecule has 1 amide bonds. The molecular weight excluding hydrogens is 268 g/mol. The second kappa shape index (κ2) is 10.0. The van der Waals surface area contributed by atoms with Gasteiger partial charge in [0.25, 0.3) is 0 Å². The lowest BCUT2D eigenvalue weighted by atomic mass is 9.99. The third kappa shape index (κ3) is 8.06. The van der Waals surface area contributed by atoms with Crippen molar-refractivity contribution in [3.63, 3.8) is 0 Å². The molecule has 5 nitrogen and oxygen atoms in total. The quantitative estimate of drug-likeness (QED) is 0.697. The Balaban J connectivity index is 0. The molecule has 0 aromatic rings. The first kappa shape index (κ1) is 20.5. The zero-order valence-electron chi connectivity index (χ0n) is 12.4. The van der Waals surface area contributed by atoms with Crippen LogP contribution in [0.15, 0.2) is 0 Å². The number of rotatable bonds is 7. The highest BCUT2D eigenvalue weighted by atomic mass is 35.5. The molecule has 0 saturated carbocycles. The zero-order chi connectivity index (χ0) is 14.3. The number of amides is 1. The molecule has 6 heteroatoms. The van der Waals surface area contributed by atoms with Gasteiger partial charge in [-0.2, -0.15) is 0 Å². The lowest BCUT2D eigenvalue weighted by Crippen LogP contribution is -2.46. The molecule has 0 saturated heterocycles. The van der Waals surface area contributed by atoms with Crippen LogP contribution in [0.3, 0.4) is 0 Å². The third-order valence-corrected chi connectivity index (χ3v) is 2.90. The van der Waals surface area contributed by atoms with Gasteiger partial charge in [0.15, 0.2) is 0 Å². The summed E-state index contributed by atoms with van der Waals surface area (Å²) >= 11 is 0. The van der Waals surface area contributed by atoms with Crippen LogP contribution in [0.1, 0.15) is 41.0 Å². The molecule has 3 atom stereocenters. The van der Waals surface area contributed by atoms with E-state index in [0.29, 0.717) is 0 Å². The van der Waals surface area contributed by atoms with Crippen LogP contribution in [0, 0.1) is 11.8 Å². The van der Waals surface area contributed by atoms with E-state index >= 15 is 0 Å². The van der Waals surface area contributed by atoms with Crippen molar-refractivity contribution in [1.82, 2.24) is 5.32 Å². The predicted molar refractivity (Wildman–Crippen MR) is 78.1 cm³/mol. The van der Waals surface area contributed by atoms with Gasteiger partial charge in [-0.05, 0) is 19.8 Å². The van der Waals surface area contributed by atoms with Crippen molar-refractivity contribution in [2.45, 2.75) is 53.2 Å². The first-order valence-electron chi connectivity index (χ1n) is 6.53. The average Bonchev–Trinajstić information content (AvgIpc) is 2.32. The van der Waals surface area contributed by atoms with Gasteiger partial charge < -0.3 is 15.8 Å². The summed E-state index contributed by atoms with van der Waals surface area (Å²) in [4.78, 5) is 23.2. The molecule has 19 heavy (non-hydrogen) atoms. The maximum atomic E-state index is 11.7. The average molecular weight is 295 g/mol. The van der Waals surface area contributed by atoms with Gasteiger partial charge in [0.1, 0.15) is 0 Å². The van der Waals surface area contributed by atoms with Crippen molar-refractivity contribution in [2.24, 2.45) is 17.6 Å². The van der Waals surface area contributed by atoms with E-state index in [9.17, 15) is 9.59 Å². The van der Waals surface area contributed by atoms with Crippen molar-refractivity contribution >= 4 is 24.3 Å². The Morgan fingerprint density at radius 1 is 1.21 bits per heavy atom. The number of carbonyl (C=O) groups is 2. The molecule has 114 valence electrons. The number of carbonyl (C=O) groups excluding carboxylic acids is 2. The van der Waals surface area contributed by atoms with Gasteiger partial charge in [-0.1, -0.05) is 27.2 Å². The van der Waals surface area contributed by atoms with Crippen molar-refractivity contribution in [2.75, 3.05) is 6.54 Å². The fourth-order valence-corrected chi connectivity index (χ4v) is 1.32. The van der Waals surface area contributed by atoms with E-state index < -0.39 is 6.04 Å². The van der Waals surface area contributed by atoms with E-state index in [4.69, 9.17) is 10.5 Å². The molecule has 0 rings (SSSR count). The van der Waals surface area contributed by atoms with Crippen molar-refractivity contribution in [3.8, 4) is 0 Å². The number of esters is 1. The first-order chi connectivity index (χ1) is 8.29. The normalized spacial score (nSPS) is 15.1. The minimum atomic E-state index is -0.525. The van der Waals surface area contributed by atoms with Gasteiger partial charge in [0, 0.05) is 6.54 Å². The van der Waals surface area contributed by atoms with E-state index in [0.717, 1.165) is 6.42 Å². The minimum absolute atomic E-state index is 0. The molecule has 3 N–H and O–H groups in total. The van der Waals surface area contributed by atoms with E-state index in [1.807, 2.05) is 13.8 Å². The van der Waals surface area contributed by atoms with Crippen LogP contribution >= 0.6 is 12.4 Å². The Bertz CT molecular complexity index is 285. The molecule has 0 aliphatic rings. The molecule has 0 heterocycles. The lowest BCUT2D eigenvalue weighted by molar-refractivity contribution is -0.151. The van der Waals surface area contributed by atoms with E-state index in [-0.39, 0.29) is 48.8 Å². The largest absolute Gasteiger partial charge is 0.463 e. The van der Waals surface area contributed by atoms with Crippen molar-refractivity contribution in [1.29, 1.82) is 0 Å². The number of halogens is 1. The second-order valence-electron chi connectivity index (χ2n) is 5.04. The number of hydrogen-bond donors (Lipinski definition) is 2. The number of nitrogens with two attached hydrogens (primary N) is 1.